The average molecular weight is 572 g/mol. The van der Waals surface area contributed by atoms with E-state index in [4.69, 9.17) is 21.1 Å². The van der Waals surface area contributed by atoms with E-state index in [-0.39, 0.29) is 12.4 Å². The summed E-state index contributed by atoms with van der Waals surface area (Å²) < 4.78 is 54.1. The Hall–Kier alpha value is -3.52. The van der Waals surface area contributed by atoms with Crippen LogP contribution in [0.5, 0.6) is 11.5 Å². The van der Waals surface area contributed by atoms with Gasteiger partial charge in [0.15, 0.2) is 23.4 Å². The molecular formula is C24H29ClF3N7O4. The van der Waals surface area contributed by atoms with Gasteiger partial charge in [0.2, 0.25) is 0 Å². The van der Waals surface area contributed by atoms with Crippen LogP contribution in [0.3, 0.4) is 0 Å². The van der Waals surface area contributed by atoms with Crippen LogP contribution in [0.15, 0.2) is 18.5 Å². The first-order valence-electron chi connectivity index (χ1n) is 12.2. The number of benzene rings is 1. The Balaban J connectivity index is 1.51. The summed E-state index contributed by atoms with van der Waals surface area (Å²) in [5.74, 6) is -0.916. The van der Waals surface area contributed by atoms with E-state index < -0.39 is 18.4 Å². The van der Waals surface area contributed by atoms with E-state index >= 15 is 0 Å². The molecule has 212 valence electrons. The van der Waals surface area contributed by atoms with E-state index in [1.807, 2.05) is 6.92 Å². The number of anilines is 2. The number of aromatic amines is 1. The van der Waals surface area contributed by atoms with Crippen molar-refractivity contribution in [1.82, 2.24) is 25.1 Å². The first-order valence-corrected chi connectivity index (χ1v) is 12.5. The van der Waals surface area contributed by atoms with Crippen molar-refractivity contribution in [3.05, 3.63) is 29.2 Å². The van der Waals surface area contributed by atoms with E-state index in [0.29, 0.717) is 48.3 Å². The zero-order valence-corrected chi connectivity index (χ0v) is 22.6. The molecule has 0 saturated carbocycles. The van der Waals surface area contributed by atoms with E-state index in [2.05, 4.69) is 34.7 Å². The Bertz CT molecular complexity index is 1310. The van der Waals surface area contributed by atoms with Crippen molar-refractivity contribution in [2.75, 3.05) is 63.8 Å². The Kier molecular flexibility index (Phi) is 8.54. The number of aryl methyl sites for hydroxylation is 1. The fourth-order valence-electron chi connectivity index (χ4n) is 4.30. The van der Waals surface area contributed by atoms with Gasteiger partial charge in [-0.25, -0.2) is 14.8 Å². The quantitative estimate of drug-likeness (QED) is 0.303. The maximum absolute atomic E-state index is 12.7. The number of aromatic nitrogens is 4. The van der Waals surface area contributed by atoms with E-state index in [1.165, 1.54) is 38.5 Å². The summed E-state index contributed by atoms with van der Waals surface area (Å²) in [5.41, 5.74) is 2.26. The largest absolute Gasteiger partial charge is 0.491 e. The smallest absolute Gasteiger partial charge is 0.490 e. The van der Waals surface area contributed by atoms with Crippen LogP contribution >= 0.6 is 11.6 Å². The van der Waals surface area contributed by atoms with Crippen molar-refractivity contribution in [2.45, 2.75) is 25.7 Å². The molecule has 2 aromatic heterocycles. The Morgan fingerprint density at radius 2 is 1.87 bits per heavy atom. The van der Waals surface area contributed by atoms with Gasteiger partial charge in [-0.05, 0) is 26.6 Å². The number of ether oxygens (including phenoxy) is 3. The van der Waals surface area contributed by atoms with E-state index in [9.17, 15) is 18.0 Å². The van der Waals surface area contributed by atoms with Crippen LogP contribution in [0.1, 0.15) is 12.6 Å². The third kappa shape index (κ3) is 6.22. The van der Waals surface area contributed by atoms with Gasteiger partial charge < -0.3 is 24.0 Å². The van der Waals surface area contributed by atoms with Gasteiger partial charge >= 0.3 is 12.1 Å². The third-order valence-corrected chi connectivity index (χ3v) is 6.53. The van der Waals surface area contributed by atoms with Crippen LogP contribution in [-0.4, -0.2) is 97.4 Å². The summed E-state index contributed by atoms with van der Waals surface area (Å²) in [7, 11) is 4.40. The van der Waals surface area contributed by atoms with Crippen LogP contribution in [-0.2, 0) is 16.0 Å². The predicted molar refractivity (Wildman–Crippen MR) is 139 cm³/mol. The number of hydrogen-bond donors (Lipinski definition) is 1. The number of halogens is 4. The number of likely N-dealkylation sites (N-methyl/N-ethyl adjacent to an activating group) is 1. The minimum absolute atomic E-state index is 0.209. The van der Waals surface area contributed by atoms with Gasteiger partial charge in [0.25, 0.3) is 0 Å². The number of alkyl halides is 3. The number of fused-ring (bicyclic) bond motifs is 1. The first kappa shape index (κ1) is 28.5. The van der Waals surface area contributed by atoms with Crippen LogP contribution in [0.25, 0.3) is 11.0 Å². The molecule has 0 radical (unpaired) electrons. The van der Waals surface area contributed by atoms with Crippen molar-refractivity contribution < 1.29 is 32.2 Å². The second kappa shape index (κ2) is 11.7. The average Bonchev–Trinajstić information content (AvgIpc) is 3.33. The van der Waals surface area contributed by atoms with Crippen molar-refractivity contribution in [1.29, 1.82) is 0 Å². The molecule has 3 aromatic rings. The highest BCUT2D eigenvalue weighted by Gasteiger charge is 2.42. The van der Waals surface area contributed by atoms with Crippen LogP contribution < -0.4 is 19.3 Å². The molecule has 1 aliphatic rings. The molecule has 1 atom stereocenters. The van der Waals surface area contributed by atoms with Crippen molar-refractivity contribution in [3.63, 3.8) is 0 Å². The molecule has 1 saturated heterocycles. The fraction of sp³-hybridized carbons (Fsp3) is 0.500. The lowest BCUT2D eigenvalue weighted by Crippen LogP contribution is -2.47. The number of hydrogen-bond acceptors (Lipinski definition) is 10. The third-order valence-electron chi connectivity index (χ3n) is 6.32. The first-order chi connectivity index (χ1) is 18.5. The number of nitrogens with zero attached hydrogens (tertiary/aromatic N) is 6. The molecule has 1 unspecified atom stereocenters. The normalized spacial score (nSPS) is 15.1. The van der Waals surface area contributed by atoms with Gasteiger partial charge in [0, 0.05) is 43.0 Å². The lowest BCUT2D eigenvalue weighted by molar-refractivity contribution is -0.213. The molecule has 4 rings (SSSR count). The number of H-pyrrole nitrogens is 1. The summed E-state index contributed by atoms with van der Waals surface area (Å²) in [5, 5.41) is 8.56. The Morgan fingerprint density at radius 3 is 2.49 bits per heavy atom. The lowest BCUT2D eigenvalue weighted by Gasteiger charge is -2.37. The lowest BCUT2D eigenvalue weighted by atomic mass is 10.2. The van der Waals surface area contributed by atoms with E-state index in [0.717, 1.165) is 23.3 Å². The molecule has 0 aliphatic carbocycles. The van der Waals surface area contributed by atoms with Gasteiger partial charge in [0.05, 0.1) is 18.2 Å². The molecular weight excluding hydrogens is 543 g/mol. The standard InChI is InChI=1S/C24H29ClF3N7O4/c1-5-15-19-21(32-31-15)29-13-30-22(19)35-8-6-34(7-9-35)16-10-14(25)11-17(20(16)37-4)38-12-18(33(2)3)39-23(36)24(26,27)28/h10-11,13,18H,5-9,12H2,1-4H3,(H,29,30,31,32). The molecule has 15 heteroatoms. The number of methoxy groups -OCH3 is 1. The second-order valence-electron chi connectivity index (χ2n) is 9.01. The van der Waals surface area contributed by atoms with Crippen LogP contribution in [0, 0.1) is 0 Å². The summed E-state index contributed by atoms with van der Waals surface area (Å²) in [6, 6.07) is 3.24. The van der Waals surface area contributed by atoms with Crippen LogP contribution in [0.2, 0.25) is 5.02 Å². The minimum Gasteiger partial charge on any atom is -0.491 e. The summed E-state index contributed by atoms with van der Waals surface area (Å²) in [4.78, 5) is 25.7. The minimum atomic E-state index is -5.12. The molecule has 1 aliphatic heterocycles. The molecule has 39 heavy (non-hydrogen) atoms. The zero-order valence-electron chi connectivity index (χ0n) is 21.9. The number of piperazine rings is 1. The second-order valence-corrected chi connectivity index (χ2v) is 9.45. The maximum atomic E-state index is 12.7. The fourth-order valence-corrected chi connectivity index (χ4v) is 4.50. The van der Waals surface area contributed by atoms with Crippen molar-refractivity contribution in [3.8, 4) is 11.5 Å². The molecule has 0 amide bonds. The number of carbonyl (C=O) groups excluding carboxylic acids is 1. The molecule has 1 N–H and O–H groups in total. The number of rotatable bonds is 9. The SMILES string of the molecule is CCc1[nH]nc2ncnc(N3CCN(c4cc(Cl)cc(OCC(OC(=O)C(F)(F)F)N(C)C)c4OC)CC3)c12. The highest BCUT2D eigenvalue weighted by Crippen LogP contribution is 2.41. The van der Waals surface area contributed by atoms with Gasteiger partial charge in [-0.2, -0.15) is 18.3 Å². The van der Waals surface area contributed by atoms with Crippen molar-refractivity contribution >= 4 is 40.1 Å². The number of esters is 1. The highest BCUT2D eigenvalue weighted by atomic mass is 35.5. The molecule has 1 fully saturated rings. The zero-order chi connectivity index (χ0) is 28.3. The number of carbonyl (C=O) groups is 1. The molecule has 11 nitrogen and oxygen atoms in total. The van der Waals surface area contributed by atoms with Gasteiger partial charge in [-0.3, -0.25) is 10.00 Å². The van der Waals surface area contributed by atoms with Crippen LogP contribution in [0.4, 0.5) is 24.7 Å². The topological polar surface area (TPSA) is 109 Å². The monoisotopic (exact) mass is 571 g/mol. The predicted octanol–water partition coefficient (Wildman–Crippen LogP) is 3.28. The Labute approximate surface area is 227 Å². The Morgan fingerprint density at radius 1 is 1.18 bits per heavy atom. The molecule has 0 bridgehead atoms. The van der Waals surface area contributed by atoms with Gasteiger partial charge in [0.1, 0.15) is 18.8 Å². The van der Waals surface area contributed by atoms with E-state index in [1.54, 1.807) is 6.07 Å². The highest BCUT2D eigenvalue weighted by molar-refractivity contribution is 6.31. The summed E-state index contributed by atoms with van der Waals surface area (Å²) in [6.45, 7) is 4.14. The molecule has 1 aromatic carbocycles. The summed E-state index contributed by atoms with van der Waals surface area (Å²) >= 11 is 6.39. The van der Waals surface area contributed by atoms with Gasteiger partial charge in [-0.1, -0.05) is 18.5 Å². The summed E-state index contributed by atoms with van der Waals surface area (Å²) in [6.07, 6.45) is -4.15. The molecule has 3 heterocycles. The maximum Gasteiger partial charge on any atom is 0.490 e. The number of nitrogens with one attached hydrogen (secondary N) is 1. The van der Waals surface area contributed by atoms with Crippen molar-refractivity contribution in [2.24, 2.45) is 0 Å². The van der Waals surface area contributed by atoms with Gasteiger partial charge in [-0.15, -0.1) is 0 Å². The molecule has 0 spiro atoms.